The molecule has 0 saturated carbocycles. The smallest absolute Gasteiger partial charge is 0.119 e. The Morgan fingerprint density at radius 1 is 1.42 bits per heavy atom. The Balaban J connectivity index is 0.00000324. The SMILES string of the molecule is CCC(O)(c1cccc(OC)c1)[C@@H](C)[CH]N(C)C.Cl. The zero-order valence-corrected chi connectivity index (χ0v) is 13.2. The number of hydrogen-bond donors (Lipinski definition) is 1. The number of aliphatic hydroxyl groups is 1. The Kier molecular flexibility index (Phi) is 7.42. The second-order valence-corrected chi connectivity index (χ2v) is 4.91. The van der Waals surface area contributed by atoms with Gasteiger partial charge in [0.2, 0.25) is 0 Å². The van der Waals surface area contributed by atoms with Crippen molar-refractivity contribution in [3.05, 3.63) is 36.4 Å². The molecule has 0 aliphatic heterocycles. The zero-order chi connectivity index (χ0) is 13.8. The number of halogens is 1. The lowest BCUT2D eigenvalue weighted by molar-refractivity contribution is -0.0167. The highest BCUT2D eigenvalue weighted by molar-refractivity contribution is 5.85. The van der Waals surface area contributed by atoms with E-state index in [9.17, 15) is 5.11 Å². The summed E-state index contributed by atoms with van der Waals surface area (Å²) in [6, 6.07) is 7.66. The molecule has 1 rings (SSSR count). The van der Waals surface area contributed by atoms with E-state index in [0.29, 0.717) is 6.42 Å². The van der Waals surface area contributed by atoms with Crippen LogP contribution in [0.4, 0.5) is 0 Å². The number of ether oxygens (including phenoxy) is 1. The average Bonchev–Trinajstić information content (AvgIpc) is 2.37. The Morgan fingerprint density at radius 3 is 2.53 bits per heavy atom. The fraction of sp³-hybridized carbons (Fsp3) is 0.533. The summed E-state index contributed by atoms with van der Waals surface area (Å²) in [6.07, 6.45) is 0.658. The molecule has 0 aromatic heterocycles. The van der Waals surface area contributed by atoms with Gasteiger partial charge in [0.15, 0.2) is 0 Å². The van der Waals surface area contributed by atoms with Crippen molar-refractivity contribution >= 4 is 12.4 Å². The van der Waals surface area contributed by atoms with Crippen molar-refractivity contribution in [1.82, 2.24) is 4.90 Å². The van der Waals surface area contributed by atoms with E-state index in [1.807, 2.05) is 63.7 Å². The second-order valence-electron chi connectivity index (χ2n) is 4.91. The molecule has 2 atom stereocenters. The third-order valence-electron chi connectivity index (χ3n) is 3.38. The van der Waals surface area contributed by atoms with E-state index in [4.69, 9.17) is 4.74 Å². The van der Waals surface area contributed by atoms with Gasteiger partial charge in [-0.3, -0.25) is 0 Å². The van der Waals surface area contributed by atoms with E-state index in [2.05, 4.69) is 0 Å². The minimum Gasteiger partial charge on any atom is -0.497 e. The first kappa shape index (κ1) is 18.2. The average molecular weight is 287 g/mol. The molecule has 3 nitrogen and oxygen atoms in total. The lowest BCUT2D eigenvalue weighted by Crippen LogP contribution is -2.36. The highest BCUT2D eigenvalue weighted by Gasteiger charge is 2.34. The van der Waals surface area contributed by atoms with Gasteiger partial charge < -0.3 is 14.7 Å². The molecule has 109 valence electrons. The van der Waals surface area contributed by atoms with Gasteiger partial charge in [0.1, 0.15) is 5.75 Å². The zero-order valence-electron chi connectivity index (χ0n) is 12.4. The summed E-state index contributed by atoms with van der Waals surface area (Å²) in [5.74, 6) is 0.807. The minimum absolute atomic E-state index is 0. The maximum atomic E-state index is 10.9. The van der Waals surface area contributed by atoms with E-state index in [0.717, 1.165) is 11.3 Å². The van der Waals surface area contributed by atoms with Crippen LogP contribution in [0.25, 0.3) is 0 Å². The van der Waals surface area contributed by atoms with Gasteiger partial charge in [0.25, 0.3) is 0 Å². The molecule has 0 fully saturated rings. The normalized spacial score (nSPS) is 15.5. The van der Waals surface area contributed by atoms with Gasteiger partial charge in [-0.1, -0.05) is 26.0 Å². The molecule has 1 aromatic rings. The lowest BCUT2D eigenvalue weighted by atomic mass is 9.80. The Morgan fingerprint density at radius 2 is 2.05 bits per heavy atom. The number of nitrogens with zero attached hydrogens (tertiary/aromatic N) is 1. The minimum atomic E-state index is -0.862. The van der Waals surface area contributed by atoms with Crippen molar-refractivity contribution in [2.24, 2.45) is 5.92 Å². The van der Waals surface area contributed by atoms with Crippen molar-refractivity contribution in [2.45, 2.75) is 25.9 Å². The van der Waals surface area contributed by atoms with E-state index < -0.39 is 5.60 Å². The predicted octanol–water partition coefficient (Wildman–Crippen LogP) is 3.07. The van der Waals surface area contributed by atoms with Gasteiger partial charge >= 0.3 is 0 Å². The summed E-state index contributed by atoms with van der Waals surface area (Å²) in [4.78, 5) is 1.98. The van der Waals surface area contributed by atoms with Gasteiger partial charge in [-0.15, -0.1) is 12.4 Å². The van der Waals surface area contributed by atoms with Crippen LogP contribution in [0.15, 0.2) is 24.3 Å². The maximum Gasteiger partial charge on any atom is 0.119 e. The van der Waals surface area contributed by atoms with Crippen LogP contribution in [-0.2, 0) is 5.60 Å². The second kappa shape index (κ2) is 7.73. The topological polar surface area (TPSA) is 32.7 Å². The van der Waals surface area contributed by atoms with E-state index in [1.54, 1.807) is 7.11 Å². The van der Waals surface area contributed by atoms with Crippen LogP contribution in [0.5, 0.6) is 5.75 Å². The molecule has 0 saturated heterocycles. The molecule has 0 aliphatic carbocycles. The molecule has 4 heteroatoms. The summed E-state index contributed by atoms with van der Waals surface area (Å²) >= 11 is 0. The summed E-state index contributed by atoms with van der Waals surface area (Å²) in [5, 5.41) is 10.9. The summed E-state index contributed by atoms with van der Waals surface area (Å²) in [6.45, 7) is 6.06. The molecule has 1 N–H and O–H groups in total. The van der Waals surface area contributed by atoms with Crippen LogP contribution in [-0.4, -0.2) is 31.2 Å². The molecule has 0 amide bonds. The van der Waals surface area contributed by atoms with Crippen molar-refractivity contribution in [3.63, 3.8) is 0 Å². The van der Waals surface area contributed by atoms with Crippen LogP contribution in [0.3, 0.4) is 0 Å². The molecular formula is C15H25ClNO2. The van der Waals surface area contributed by atoms with Crippen LogP contribution < -0.4 is 4.74 Å². The first-order valence-electron chi connectivity index (χ1n) is 6.32. The van der Waals surface area contributed by atoms with E-state index in [-0.39, 0.29) is 18.3 Å². The Labute approximate surface area is 123 Å². The van der Waals surface area contributed by atoms with Gasteiger partial charge in [-0.2, -0.15) is 0 Å². The maximum absolute atomic E-state index is 10.9. The fourth-order valence-corrected chi connectivity index (χ4v) is 2.25. The first-order valence-corrected chi connectivity index (χ1v) is 6.32. The molecule has 0 aliphatic rings. The number of methoxy groups -OCH3 is 1. The van der Waals surface area contributed by atoms with E-state index >= 15 is 0 Å². The number of benzene rings is 1. The number of rotatable bonds is 6. The van der Waals surface area contributed by atoms with Crippen molar-refractivity contribution in [2.75, 3.05) is 21.2 Å². The summed E-state index contributed by atoms with van der Waals surface area (Å²) in [7, 11) is 5.58. The van der Waals surface area contributed by atoms with Crippen LogP contribution >= 0.6 is 12.4 Å². The number of hydrogen-bond acceptors (Lipinski definition) is 3. The van der Waals surface area contributed by atoms with E-state index in [1.165, 1.54) is 0 Å². The molecule has 0 spiro atoms. The highest BCUT2D eigenvalue weighted by atomic mass is 35.5. The molecule has 0 bridgehead atoms. The largest absolute Gasteiger partial charge is 0.497 e. The quantitative estimate of drug-likeness (QED) is 0.872. The van der Waals surface area contributed by atoms with Gasteiger partial charge in [-0.05, 0) is 38.2 Å². The molecule has 0 heterocycles. The molecule has 1 radical (unpaired) electrons. The molecule has 1 unspecified atom stereocenters. The van der Waals surface area contributed by atoms with Crippen molar-refractivity contribution in [3.8, 4) is 5.75 Å². The first-order chi connectivity index (χ1) is 8.43. The lowest BCUT2D eigenvalue weighted by Gasteiger charge is -2.35. The molecule has 1 aromatic carbocycles. The fourth-order valence-electron chi connectivity index (χ4n) is 2.25. The Bertz CT molecular complexity index is 384. The van der Waals surface area contributed by atoms with Gasteiger partial charge in [-0.25, -0.2) is 0 Å². The summed E-state index contributed by atoms with van der Waals surface area (Å²) < 4.78 is 5.22. The summed E-state index contributed by atoms with van der Waals surface area (Å²) in [5.41, 5.74) is 0.0358. The standard InChI is InChI=1S/C15H24NO2.ClH/c1-6-15(17,12(2)11-16(3)4)13-8-7-9-14(10-13)18-5;/h7-12,17H,6H2,1-5H3;1H/t12-,15?;/m0./s1. The third kappa shape index (κ3) is 4.37. The third-order valence-corrected chi connectivity index (χ3v) is 3.38. The monoisotopic (exact) mass is 286 g/mol. The van der Waals surface area contributed by atoms with Gasteiger partial charge in [0.05, 0.1) is 12.7 Å². The highest BCUT2D eigenvalue weighted by Crippen LogP contribution is 2.36. The molecule has 19 heavy (non-hydrogen) atoms. The van der Waals surface area contributed by atoms with Crippen LogP contribution in [0.2, 0.25) is 0 Å². The molecular weight excluding hydrogens is 262 g/mol. The van der Waals surface area contributed by atoms with Crippen LogP contribution in [0, 0.1) is 12.5 Å². The van der Waals surface area contributed by atoms with Crippen LogP contribution in [0.1, 0.15) is 25.8 Å². The Hall–Kier alpha value is -0.770. The van der Waals surface area contributed by atoms with Crippen molar-refractivity contribution < 1.29 is 9.84 Å². The van der Waals surface area contributed by atoms with Gasteiger partial charge in [0, 0.05) is 12.5 Å². The van der Waals surface area contributed by atoms with Crippen molar-refractivity contribution in [1.29, 1.82) is 0 Å². The predicted molar refractivity (Wildman–Crippen MR) is 81.6 cm³/mol.